The maximum Gasteiger partial charge on any atom is 0.147 e. The van der Waals surface area contributed by atoms with Crippen LogP contribution in [-0.4, -0.2) is 21.6 Å². The second-order valence-electron chi connectivity index (χ2n) is 4.47. The molecule has 0 saturated carbocycles. The zero-order valence-corrected chi connectivity index (χ0v) is 10.1. The number of aliphatic hydroxyl groups is 1. The van der Waals surface area contributed by atoms with E-state index in [2.05, 4.69) is 39.1 Å². The van der Waals surface area contributed by atoms with Crippen LogP contribution in [0.1, 0.15) is 16.8 Å². The van der Waals surface area contributed by atoms with Crippen LogP contribution in [-0.2, 0) is 19.6 Å². The lowest BCUT2D eigenvalue weighted by atomic mass is 10.0. The molecule has 1 aromatic heterocycles. The molecule has 4 nitrogen and oxygen atoms in total. The number of rotatable bonds is 2. The van der Waals surface area contributed by atoms with Gasteiger partial charge >= 0.3 is 0 Å². The van der Waals surface area contributed by atoms with E-state index in [1.165, 1.54) is 11.1 Å². The summed E-state index contributed by atoms with van der Waals surface area (Å²) in [4.78, 5) is 10.7. The number of aromatic nitrogens is 2. The van der Waals surface area contributed by atoms with E-state index in [1.807, 2.05) is 0 Å². The van der Waals surface area contributed by atoms with Gasteiger partial charge in [0.2, 0.25) is 0 Å². The quantitative estimate of drug-likeness (QED) is 0.866. The van der Waals surface area contributed by atoms with Gasteiger partial charge in [-0.2, -0.15) is 0 Å². The van der Waals surface area contributed by atoms with Gasteiger partial charge in [0.25, 0.3) is 0 Å². The first-order valence-electron chi connectivity index (χ1n) is 6.10. The van der Waals surface area contributed by atoms with E-state index >= 15 is 0 Å². The van der Waals surface area contributed by atoms with Gasteiger partial charge in [0.05, 0.1) is 24.7 Å². The Bertz CT molecular complexity index is 556. The summed E-state index contributed by atoms with van der Waals surface area (Å²) in [7, 11) is 0. The Labute approximate surface area is 106 Å². The monoisotopic (exact) mass is 241 g/mol. The van der Waals surface area contributed by atoms with E-state index in [9.17, 15) is 0 Å². The average molecular weight is 241 g/mol. The normalized spacial score (nSPS) is 14.4. The van der Waals surface area contributed by atoms with Gasteiger partial charge in [-0.15, -0.1) is 0 Å². The molecule has 92 valence electrons. The fourth-order valence-corrected chi connectivity index (χ4v) is 2.31. The lowest BCUT2D eigenvalue weighted by Gasteiger charge is -2.29. The second-order valence-corrected chi connectivity index (χ2v) is 4.47. The van der Waals surface area contributed by atoms with Crippen LogP contribution < -0.4 is 4.90 Å². The molecule has 4 heteroatoms. The van der Waals surface area contributed by atoms with Crippen LogP contribution in [0, 0.1) is 0 Å². The minimum Gasteiger partial charge on any atom is -0.390 e. The number of nitrogens with zero attached hydrogens (tertiary/aromatic N) is 3. The van der Waals surface area contributed by atoms with Crippen LogP contribution in [0.4, 0.5) is 5.82 Å². The molecule has 2 heterocycles. The predicted octanol–water partition coefficient (Wildman–Crippen LogP) is 1.53. The zero-order valence-electron chi connectivity index (χ0n) is 10.1. The number of hydrogen-bond acceptors (Lipinski definition) is 4. The average Bonchev–Trinajstić information content (AvgIpc) is 2.47. The van der Waals surface area contributed by atoms with E-state index in [0.717, 1.165) is 25.3 Å². The molecule has 1 aromatic carbocycles. The van der Waals surface area contributed by atoms with Crippen LogP contribution in [0.3, 0.4) is 0 Å². The first kappa shape index (κ1) is 11.2. The van der Waals surface area contributed by atoms with Crippen molar-refractivity contribution in [3.63, 3.8) is 0 Å². The summed E-state index contributed by atoms with van der Waals surface area (Å²) in [5.74, 6) is 0.844. The van der Waals surface area contributed by atoms with Gasteiger partial charge in [-0.25, -0.2) is 4.98 Å². The molecule has 1 N–H and O–H groups in total. The van der Waals surface area contributed by atoms with Crippen LogP contribution in [0.5, 0.6) is 0 Å². The van der Waals surface area contributed by atoms with Gasteiger partial charge in [0, 0.05) is 13.1 Å². The summed E-state index contributed by atoms with van der Waals surface area (Å²) in [5, 5.41) is 9.10. The Morgan fingerprint density at radius 1 is 1.17 bits per heavy atom. The van der Waals surface area contributed by atoms with Crippen LogP contribution in [0.15, 0.2) is 36.7 Å². The van der Waals surface area contributed by atoms with E-state index in [0.29, 0.717) is 5.69 Å². The summed E-state index contributed by atoms with van der Waals surface area (Å²) in [6, 6.07) is 8.49. The molecule has 0 fully saturated rings. The molecule has 0 saturated heterocycles. The molecule has 0 bridgehead atoms. The van der Waals surface area contributed by atoms with Gasteiger partial charge in [0.1, 0.15) is 5.82 Å². The number of fused-ring (bicyclic) bond motifs is 1. The highest BCUT2D eigenvalue weighted by atomic mass is 16.3. The topological polar surface area (TPSA) is 49.3 Å². The van der Waals surface area contributed by atoms with E-state index < -0.39 is 0 Å². The highest BCUT2D eigenvalue weighted by Gasteiger charge is 2.17. The SMILES string of the molecule is OCc1cncc(N2CCc3ccccc3C2)n1. The third-order valence-corrected chi connectivity index (χ3v) is 3.29. The Morgan fingerprint density at radius 3 is 2.83 bits per heavy atom. The van der Waals surface area contributed by atoms with Crippen molar-refractivity contribution in [2.75, 3.05) is 11.4 Å². The number of anilines is 1. The smallest absolute Gasteiger partial charge is 0.147 e. The third kappa shape index (κ3) is 2.07. The van der Waals surface area contributed by atoms with Gasteiger partial charge in [-0.05, 0) is 17.5 Å². The molecule has 2 aromatic rings. The van der Waals surface area contributed by atoms with Gasteiger partial charge < -0.3 is 10.0 Å². The standard InChI is InChI=1S/C14H15N3O/c18-10-13-7-15-8-14(16-13)17-6-5-11-3-1-2-4-12(11)9-17/h1-4,7-8,18H,5-6,9-10H2. The molecule has 1 aliphatic heterocycles. The zero-order chi connectivity index (χ0) is 12.4. The molecular formula is C14H15N3O. The van der Waals surface area contributed by atoms with Crippen molar-refractivity contribution in [2.24, 2.45) is 0 Å². The van der Waals surface area contributed by atoms with Crippen molar-refractivity contribution in [1.29, 1.82) is 0 Å². The van der Waals surface area contributed by atoms with Crippen molar-refractivity contribution in [3.8, 4) is 0 Å². The maximum absolute atomic E-state index is 9.10. The minimum atomic E-state index is -0.0642. The van der Waals surface area contributed by atoms with Crippen LogP contribution >= 0.6 is 0 Å². The summed E-state index contributed by atoms with van der Waals surface area (Å²) >= 11 is 0. The molecule has 0 atom stereocenters. The second kappa shape index (κ2) is 4.74. The third-order valence-electron chi connectivity index (χ3n) is 3.29. The first-order chi connectivity index (χ1) is 8.86. The predicted molar refractivity (Wildman–Crippen MR) is 69.2 cm³/mol. The minimum absolute atomic E-state index is 0.0642. The van der Waals surface area contributed by atoms with Gasteiger partial charge in [-0.1, -0.05) is 24.3 Å². The fourth-order valence-electron chi connectivity index (χ4n) is 2.31. The lowest BCUT2D eigenvalue weighted by molar-refractivity contribution is 0.276. The Balaban J connectivity index is 1.87. The molecule has 1 aliphatic rings. The van der Waals surface area contributed by atoms with Crippen LogP contribution in [0.25, 0.3) is 0 Å². The number of benzene rings is 1. The molecule has 0 radical (unpaired) electrons. The molecule has 18 heavy (non-hydrogen) atoms. The Hall–Kier alpha value is -1.94. The van der Waals surface area contributed by atoms with E-state index in [1.54, 1.807) is 12.4 Å². The van der Waals surface area contributed by atoms with Gasteiger partial charge in [-0.3, -0.25) is 4.98 Å². The van der Waals surface area contributed by atoms with Gasteiger partial charge in [0.15, 0.2) is 0 Å². The van der Waals surface area contributed by atoms with E-state index in [-0.39, 0.29) is 6.61 Å². The maximum atomic E-state index is 9.10. The van der Waals surface area contributed by atoms with Crippen molar-refractivity contribution < 1.29 is 5.11 Å². The molecule has 0 amide bonds. The molecule has 0 unspecified atom stereocenters. The fraction of sp³-hybridized carbons (Fsp3) is 0.286. The summed E-state index contributed by atoms with van der Waals surface area (Å²) in [5.41, 5.74) is 3.38. The van der Waals surface area contributed by atoms with Crippen molar-refractivity contribution >= 4 is 5.82 Å². The first-order valence-corrected chi connectivity index (χ1v) is 6.10. The van der Waals surface area contributed by atoms with Crippen molar-refractivity contribution in [1.82, 2.24) is 9.97 Å². The number of aliphatic hydroxyl groups excluding tert-OH is 1. The molecular weight excluding hydrogens is 226 g/mol. The number of hydrogen-bond donors (Lipinski definition) is 1. The lowest BCUT2D eigenvalue weighted by Crippen LogP contribution is -2.31. The molecule has 3 rings (SSSR count). The Morgan fingerprint density at radius 2 is 2.00 bits per heavy atom. The Kier molecular flexibility index (Phi) is 2.94. The molecule has 0 spiro atoms. The highest BCUT2D eigenvalue weighted by Crippen LogP contribution is 2.22. The molecule has 0 aliphatic carbocycles. The summed E-state index contributed by atoms with van der Waals surface area (Å²) in [6.45, 7) is 1.74. The van der Waals surface area contributed by atoms with Crippen LogP contribution in [0.2, 0.25) is 0 Å². The highest BCUT2D eigenvalue weighted by molar-refractivity contribution is 5.42. The summed E-state index contributed by atoms with van der Waals surface area (Å²) < 4.78 is 0. The van der Waals surface area contributed by atoms with Crippen molar-refractivity contribution in [3.05, 3.63) is 53.5 Å². The summed E-state index contributed by atoms with van der Waals surface area (Å²) in [6.07, 6.45) is 4.38. The largest absolute Gasteiger partial charge is 0.390 e. The van der Waals surface area contributed by atoms with Crippen molar-refractivity contribution in [2.45, 2.75) is 19.6 Å². The van der Waals surface area contributed by atoms with E-state index in [4.69, 9.17) is 5.11 Å².